The normalized spacial score (nSPS) is 9.33. The van der Waals surface area contributed by atoms with Gasteiger partial charge in [-0.2, -0.15) is 5.26 Å². The topological polar surface area (TPSA) is 79.0 Å². The average molecular weight is 205 g/mol. The quantitative estimate of drug-likeness (QED) is 0.464. The highest BCUT2D eigenvalue weighted by atomic mass is 16.6. The summed E-state index contributed by atoms with van der Waals surface area (Å²) in [6, 6.07) is 6.93. The third-order valence-electron chi connectivity index (χ3n) is 1.90. The van der Waals surface area contributed by atoms with Crippen molar-refractivity contribution in [3.05, 3.63) is 33.9 Å². The summed E-state index contributed by atoms with van der Waals surface area (Å²) in [5, 5.41) is 21.9. The van der Waals surface area contributed by atoms with E-state index in [0.29, 0.717) is 18.7 Å². The lowest BCUT2D eigenvalue weighted by atomic mass is 10.2. The second-order valence-corrected chi connectivity index (χ2v) is 3.11. The maximum Gasteiger partial charge on any atom is 0.292 e. The van der Waals surface area contributed by atoms with E-state index in [1.165, 1.54) is 6.07 Å². The summed E-state index contributed by atoms with van der Waals surface area (Å²) in [6.07, 6.45) is 0.324. The Morgan fingerprint density at radius 3 is 2.93 bits per heavy atom. The van der Waals surface area contributed by atoms with E-state index in [0.717, 1.165) is 5.56 Å². The van der Waals surface area contributed by atoms with Gasteiger partial charge in [0.15, 0.2) is 0 Å². The smallest absolute Gasteiger partial charge is 0.292 e. The molecule has 1 N–H and O–H groups in total. The molecule has 0 heterocycles. The van der Waals surface area contributed by atoms with Crippen molar-refractivity contribution in [2.24, 2.45) is 0 Å². The van der Waals surface area contributed by atoms with Crippen LogP contribution < -0.4 is 5.32 Å². The Morgan fingerprint density at radius 2 is 2.33 bits per heavy atom. The number of nitro benzene ring substituents is 1. The van der Waals surface area contributed by atoms with Crippen LogP contribution >= 0.6 is 0 Å². The van der Waals surface area contributed by atoms with Gasteiger partial charge < -0.3 is 5.32 Å². The van der Waals surface area contributed by atoms with Crippen LogP contribution in [0.1, 0.15) is 12.0 Å². The summed E-state index contributed by atoms with van der Waals surface area (Å²) in [6.45, 7) is 2.21. The van der Waals surface area contributed by atoms with E-state index in [2.05, 4.69) is 5.32 Å². The number of hydrogen-bond donors (Lipinski definition) is 1. The van der Waals surface area contributed by atoms with Crippen molar-refractivity contribution in [2.75, 3.05) is 11.9 Å². The molecule has 0 atom stereocenters. The van der Waals surface area contributed by atoms with Gasteiger partial charge in [0, 0.05) is 12.6 Å². The Bertz CT molecular complexity index is 410. The molecule has 0 aliphatic heterocycles. The second kappa shape index (κ2) is 4.96. The fourth-order valence-electron chi connectivity index (χ4n) is 1.20. The first-order valence-electron chi connectivity index (χ1n) is 4.51. The molecule has 0 unspecified atom stereocenters. The predicted octanol–water partition coefficient (Wildman–Crippen LogP) is 2.23. The molecule has 0 bridgehead atoms. The van der Waals surface area contributed by atoms with Crippen LogP contribution in [0.2, 0.25) is 0 Å². The van der Waals surface area contributed by atoms with Crippen molar-refractivity contribution >= 4 is 11.4 Å². The number of hydrogen-bond acceptors (Lipinski definition) is 4. The summed E-state index contributed by atoms with van der Waals surface area (Å²) < 4.78 is 0. The van der Waals surface area contributed by atoms with Crippen LogP contribution in [0.3, 0.4) is 0 Å². The first kappa shape index (κ1) is 11.0. The van der Waals surface area contributed by atoms with Crippen molar-refractivity contribution in [2.45, 2.75) is 13.3 Å². The van der Waals surface area contributed by atoms with Crippen molar-refractivity contribution in [3.63, 3.8) is 0 Å². The molecule has 1 aromatic rings. The van der Waals surface area contributed by atoms with E-state index in [1.807, 2.05) is 6.07 Å². The van der Waals surface area contributed by atoms with Crippen LogP contribution in [0.15, 0.2) is 18.2 Å². The molecular weight excluding hydrogens is 194 g/mol. The van der Waals surface area contributed by atoms with Crippen LogP contribution in [-0.2, 0) is 0 Å². The summed E-state index contributed by atoms with van der Waals surface area (Å²) in [4.78, 5) is 10.3. The number of nitro groups is 1. The number of rotatable bonds is 4. The molecule has 78 valence electrons. The third kappa shape index (κ3) is 2.95. The van der Waals surface area contributed by atoms with Gasteiger partial charge in [-0.25, -0.2) is 0 Å². The average Bonchev–Trinajstić information content (AvgIpc) is 2.20. The van der Waals surface area contributed by atoms with Crippen LogP contribution in [0, 0.1) is 28.4 Å². The molecule has 1 aromatic carbocycles. The Labute approximate surface area is 87.5 Å². The first-order valence-corrected chi connectivity index (χ1v) is 4.51. The van der Waals surface area contributed by atoms with Gasteiger partial charge in [-0.15, -0.1) is 0 Å². The molecular formula is C10H11N3O2. The summed E-state index contributed by atoms with van der Waals surface area (Å²) >= 11 is 0. The van der Waals surface area contributed by atoms with Gasteiger partial charge in [0.1, 0.15) is 5.69 Å². The van der Waals surface area contributed by atoms with Crippen LogP contribution in [0.5, 0.6) is 0 Å². The van der Waals surface area contributed by atoms with Gasteiger partial charge >= 0.3 is 0 Å². The summed E-state index contributed by atoms with van der Waals surface area (Å²) in [5.41, 5.74) is 1.35. The maximum absolute atomic E-state index is 10.7. The molecule has 5 nitrogen and oxygen atoms in total. The molecule has 0 spiro atoms. The highest BCUT2D eigenvalue weighted by Gasteiger charge is 2.12. The van der Waals surface area contributed by atoms with Crippen molar-refractivity contribution in [1.82, 2.24) is 0 Å². The molecule has 0 aliphatic carbocycles. The Kier molecular flexibility index (Phi) is 3.63. The molecule has 0 saturated carbocycles. The predicted molar refractivity (Wildman–Crippen MR) is 56.6 cm³/mol. The molecule has 0 radical (unpaired) electrons. The zero-order chi connectivity index (χ0) is 11.3. The lowest BCUT2D eigenvalue weighted by molar-refractivity contribution is -0.384. The van der Waals surface area contributed by atoms with E-state index < -0.39 is 4.92 Å². The van der Waals surface area contributed by atoms with Gasteiger partial charge in [0.25, 0.3) is 5.69 Å². The largest absolute Gasteiger partial charge is 0.378 e. The Morgan fingerprint density at radius 1 is 1.60 bits per heavy atom. The zero-order valence-electron chi connectivity index (χ0n) is 8.36. The zero-order valence-corrected chi connectivity index (χ0v) is 8.36. The van der Waals surface area contributed by atoms with Crippen LogP contribution in [0.4, 0.5) is 11.4 Å². The molecule has 0 fully saturated rings. The van der Waals surface area contributed by atoms with Gasteiger partial charge in [-0.1, -0.05) is 6.07 Å². The molecule has 0 saturated heterocycles. The number of aryl methyl sites for hydroxylation is 1. The van der Waals surface area contributed by atoms with Crippen molar-refractivity contribution in [3.8, 4) is 6.07 Å². The van der Waals surface area contributed by atoms with Crippen LogP contribution in [-0.4, -0.2) is 11.5 Å². The molecule has 0 amide bonds. The fraction of sp³-hybridized carbons (Fsp3) is 0.300. The molecule has 15 heavy (non-hydrogen) atoms. The van der Waals surface area contributed by atoms with Crippen molar-refractivity contribution < 1.29 is 4.92 Å². The molecule has 5 heteroatoms. The Hall–Kier alpha value is -2.09. The number of nitrogens with zero attached hydrogens (tertiary/aromatic N) is 2. The minimum Gasteiger partial charge on any atom is -0.378 e. The lowest BCUT2D eigenvalue weighted by Crippen LogP contribution is -2.03. The van der Waals surface area contributed by atoms with E-state index in [-0.39, 0.29) is 5.69 Å². The highest BCUT2D eigenvalue weighted by Crippen LogP contribution is 2.24. The summed E-state index contributed by atoms with van der Waals surface area (Å²) in [7, 11) is 0. The lowest BCUT2D eigenvalue weighted by Gasteiger charge is -2.05. The van der Waals surface area contributed by atoms with E-state index in [1.54, 1.807) is 19.1 Å². The van der Waals surface area contributed by atoms with Gasteiger partial charge in [-0.05, 0) is 18.6 Å². The van der Waals surface area contributed by atoms with E-state index in [9.17, 15) is 10.1 Å². The Balaban J connectivity index is 2.87. The minimum absolute atomic E-state index is 0.0490. The standard InChI is InChI=1S/C10H11N3O2/c1-8-3-4-9(12-6-2-5-11)10(7-8)13(14)15/h3-4,7,12H,2,6H2,1H3. The third-order valence-corrected chi connectivity index (χ3v) is 1.90. The van der Waals surface area contributed by atoms with Gasteiger partial charge in [-0.3, -0.25) is 10.1 Å². The SMILES string of the molecule is Cc1ccc(NCCC#N)c([N+](=O)[O-])c1. The summed E-state index contributed by atoms with van der Waals surface area (Å²) in [5.74, 6) is 0. The fourth-order valence-corrected chi connectivity index (χ4v) is 1.20. The monoisotopic (exact) mass is 205 g/mol. The van der Waals surface area contributed by atoms with Crippen LogP contribution in [0.25, 0.3) is 0 Å². The molecule has 0 aliphatic rings. The molecule has 1 rings (SSSR count). The first-order chi connectivity index (χ1) is 7.15. The molecule has 0 aromatic heterocycles. The van der Waals surface area contributed by atoms with Crippen molar-refractivity contribution in [1.29, 1.82) is 5.26 Å². The second-order valence-electron chi connectivity index (χ2n) is 3.11. The maximum atomic E-state index is 10.7. The van der Waals surface area contributed by atoms with Gasteiger partial charge in [0.2, 0.25) is 0 Å². The number of anilines is 1. The van der Waals surface area contributed by atoms with E-state index >= 15 is 0 Å². The number of nitrogens with one attached hydrogen (secondary N) is 1. The van der Waals surface area contributed by atoms with Gasteiger partial charge in [0.05, 0.1) is 17.4 Å². The van der Waals surface area contributed by atoms with E-state index in [4.69, 9.17) is 5.26 Å². The number of benzene rings is 1. The minimum atomic E-state index is -0.429. The highest BCUT2D eigenvalue weighted by molar-refractivity contribution is 5.62. The number of nitriles is 1.